The molecule has 1 aromatic carbocycles. The van der Waals surface area contributed by atoms with Gasteiger partial charge in [-0.25, -0.2) is 4.98 Å². The highest BCUT2D eigenvalue weighted by Gasteiger charge is 2.19. The van der Waals surface area contributed by atoms with Crippen LogP contribution in [0.1, 0.15) is 47.5 Å². The summed E-state index contributed by atoms with van der Waals surface area (Å²) in [7, 11) is 0. The lowest BCUT2D eigenvalue weighted by molar-refractivity contribution is 0.103. The average Bonchev–Trinajstić information content (AvgIpc) is 2.91. The SMILES string of the molecule is Cc1nc(NC2CCCCC2)sc1C(=O)Nc1ccc(Cl)cc1. The topological polar surface area (TPSA) is 54.0 Å². The Bertz CT molecular complexity index is 678. The summed E-state index contributed by atoms with van der Waals surface area (Å²) in [6.45, 7) is 1.87. The normalized spacial score (nSPS) is 15.4. The quantitative estimate of drug-likeness (QED) is 0.807. The molecule has 3 rings (SSSR count). The number of hydrogen-bond acceptors (Lipinski definition) is 4. The third-order valence-corrected chi connectivity index (χ3v) is 5.38. The van der Waals surface area contributed by atoms with Gasteiger partial charge in [-0.1, -0.05) is 42.2 Å². The number of halogens is 1. The van der Waals surface area contributed by atoms with Crippen molar-refractivity contribution in [2.45, 2.75) is 45.1 Å². The van der Waals surface area contributed by atoms with E-state index >= 15 is 0 Å². The van der Waals surface area contributed by atoms with E-state index in [2.05, 4.69) is 15.6 Å². The molecule has 0 saturated heterocycles. The number of aryl methyl sites for hydroxylation is 1. The Balaban J connectivity index is 1.67. The molecule has 0 atom stereocenters. The number of anilines is 2. The molecule has 0 aliphatic heterocycles. The van der Waals surface area contributed by atoms with Crippen LogP contribution < -0.4 is 10.6 Å². The number of nitrogens with zero attached hydrogens (tertiary/aromatic N) is 1. The van der Waals surface area contributed by atoms with Crippen LogP contribution in [0.15, 0.2) is 24.3 Å². The van der Waals surface area contributed by atoms with Gasteiger partial charge in [0.25, 0.3) is 5.91 Å². The molecule has 0 bridgehead atoms. The van der Waals surface area contributed by atoms with Crippen molar-refractivity contribution < 1.29 is 4.79 Å². The van der Waals surface area contributed by atoms with Gasteiger partial charge in [0, 0.05) is 16.8 Å². The fraction of sp³-hybridized carbons (Fsp3) is 0.412. The van der Waals surface area contributed by atoms with Crippen molar-refractivity contribution in [2.24, 2.45) is 0 Å². The van der Waals surface area contributed by atoms with E-state index < -0.39 is 0 Å². The molecule has 4 nitrogen and oxygen atoms in total. The Morgan fingerprint density at radius 1 is 1.22 bits per heavy atom. The van der Waals surface area contributed by atoms with E-state index in [1.165, 1.54) is 43.4 Å². The number of rotatable bonds is 4. The smallest absolute Gasteiger partial charge is 0.267 e. The van der Waals surface area contributed by atoms with Crippen molar-refractivity contribution in [2.75, 3.05) is 10.6 Å². The lowest BCUT2D eigenvalue weighted by atomic mass is 9.96. The summed E-state index contributed by atoms with van der Waals surface area (Å²) in [6, 6.07) is 7.58. The largest absolute Gasteiger partial charge is 0.359 e. The molecule has 2 aromatic rings. The summed E-state index contributed by atoms with van der Waals surface area (Å²) in [5, 5.41) is 7.86. The predicted molar refractivity (Wildman–Crippen MR) is 96.8 cm³/mol. The summed E-state index contributed by atoms with van der Waals surface area (Å²) in [4.78, 5) is 17.6. The lowest BCUT2D eigenvalue weighted by Crippen LogP contribution is -2.21. The summed E-state index contributed by atoms with van der Waals surface area (Å²) >= 11 is 7.28. The summed E-state index contributed by atoms with van der Waals surface area (Å²) in [5.74, 6) is -0.126. The van der Waals surface area contributed by atoms with Crippen LogP contribution in [0.25, 0.3) is 0 Å². The highest BCUT2D eigenvalue weighted by atomic mass is 35.5. The Hall–Kier alpha value is -1.59. The Labute approximate surface area is 145 Å². The van der Waals surface area contributed by atoms with Crippen LogP contribution in [0.3, 0.4) is 0 Å². The van der Waals surface area contributed by atoms with Gasteiger partial charge in [0.05, 0.1) is 5.69 Å². The predicted octanol–water partition coefficient (Wildman–Crippen LogP) is 5.10. The minimum Gasteiger partial charge on any atom is -0.359 e. The Morgan fingerprint density at radius 3 is 2.61 bits per heavy atom. The van der Waals surface area contributed by atoms with Crippen LogP contribution >= 0.6 is 22.9 Å². The molecule has 1 amide bonds. The van der Waals surface area contributed by atoms with E-state index in [1.807, 2.05) is 6.92 Å². The summed E-state index contributed by atoms with van der Waals surface area (Å²) in [5.41, 5.74) is 1.49. The van der Waals surface area contributed by atoms with E-state index in [9.17, 15) is 4.79 Å². The van der Waals surface area contributed by atoms with E-state index in [0.717, 1.165) is 16.5 Å². The molecule has 1 aliphatic carbocycles. The van der Waals surface area contributed by atoms with Gasteiger partial charge in [0.2, 0.25) is 0 Å². The van der Waals surface area contributed by atoms with Gasteiger partial charge in [-0.15, -0.1) is 0 Å². The molecule has 1 saturated carbocycles. The number of aromatic nitrogens is 1. The first kappa shape index (κ1) is 16.3. The highest BCUT2D eigenvalue weighted by Crippen LogP contribution is 2.27. The fourth-order valence-electron chi connectivity index (χ4n) is 2.81. The maximum Gasteiger partial charge on any atom is 0.267 e. The Kier molecular flexibility index (Phi) is 5.18. The van der Waals surface area contributed by atoms with Crippen LogP contribution in [0, 0.1) is 6.92 Å². The van der Waals surface area contributed by atoms with Crippen LogP contribution in [0.2, 0.25) is 5.02 Å². The maximum absolute atomic E-state index is 12.4. The molecule has 1 aromatic heterocycles. The molecule has 23 heavy (non-hydrogen) atoms. The first-order chi connectivity index (χ1) is 11.1. The van der Waals surface area contributed by atoms with Crippen molar-refractivity contribution in [1.82, 2.24) is 4.98 Å². The zero-order valence-corrected chi connectivity index (χ0v) is 14.6. The minimum atomic E-state index is -0.126. The molecule has 0 radical (unpaired) electrons. The van der Waals surface area contributed by atoms with Gasteiger partial charge in [-0.05, 0) is 44.0 Å². The first-order valence-corrected chi connectivity index (χ1v) is 9.12. The number of nitrogens with one attached hydrogen (secondary N) is 2. The molecule has 0 spiro atoms. The third kappa shape index (κ3) is 4.24. The van der Waals surface area contributed by atoms with E-state index in [-0.39, 0.29) is 5.91 Å². The average molecular weight is 350 g/mol. The minimum absolute atomic E-state index is 0.126. The van der Waals surface area contributed by atoms with Gasteiger partial charge in [0.15, 0.2) is 5.13 Å². The fourth-order valence-corrected chi connectivity index (χ4v) is 3.88. The van der Waals surface area contributed by atoms with E-state index in [4.69, 9.17) is 11.6 Å². The first-order valence-electron chi connectivity index (χ1n) is 7.93. The van der Waals surface area contributed by atoms with Crippen LogP contribution in [-0.2, 0) is 0 Å². The van der Waals surface area contributed by atoms with Crippen molar-refractivity contribution in [3.63, 3.8) is 0 Å². The molecule has 1 aliphatic rings. The van der Waals surface area contributed by atoms with Crippen LogP contribution in [0.4, 0.5) is 10.8 Å². The molecule has 1 fully saturated rings. The van der Waals surface area contributed by atoms with Gasteiger partial charge < -0.3 is 10.6 Å². The Morgan fingerprint density at radius 2 is 1.91 bits per heavy atom. The maximum atomic E-state index is 12.4. The van der Waals surface area contributed by atoms with Gasteiger partial charge in [-0.3, -0.25) is 4.79 Å². The van der Waals surface area contributed by atoms with Crippen LogP contribution in [0.5, 0.6) is 0 Å². The second-order valence-electron chi connectivity index (χ2n) is 5.87. The van der Waals surface area contributed by atoms with Crippen molar-refractivity contribution in [3.05, 3.63) is 39.9 Å². The molecular formula is C17H20ClN3OS. The molecule has 0 unspecified atom stereocenters. The standard InChI is InChI=1S/C17H20ClN3OS/c1-11-15(16(22)20-14-9-7-12(18)8-10-14)23-17(19-11)21-13-5-3-2-4-6-13/h7-10,13H,2-6H2,1H3,(H,19,21)(H,20,22). The second-order valence-corrected chi connectivity index (χ2v) is 7.31. The highest BCUT2D eigenvalue weighted by molar-refractivity contribution is 7.17. The number of benzene rings is 1. The molecule has 1 heterocycles. The number of carbonyl (C=O) groups excluding carboxylic acids is 1. The van der Waals surface area contributed by atoms with Crippen LogP contribution in [-0.4, -0.2) is 16.9 Å². The summed E-state index contributed by atoms with van der Waals surface area (Å²) in [6.07, 6.45) is 6.23. The van der Waals surface area contributed by atoms with Crippen molar-refractivity contribution in [1.29, 1.82) is 0 Å². The second kappa shape index (κ2) is 7.32. The number of carbonyl (C=O) groups is 1. The monoisotopic (exact) mass is 349 g/mol. The van der Waals surface area contributed by atoms with E-state index in [1.54, 1.807) is 24.3 Å². The molecule has 2 N–H and O–H groups in total. The number of thiazole rings is 1. The molecule has 6 heteroatoms. The third-order valence-electron chi connectivity index (χ3n) is 4.04. The zero-order chi connectivity index (χ0) is 16.2. The van der Waals surface area contributed by atoms with Gasteiger partial charge in [0.1, 0.15) is 4.88 Å². The molecule has 122 valence electrons. The summed E-state index contributed by atoms with van der Waals surface area (Å²) < 4.78 is 0. The van der Waals surface area contributed by atoms with Crippen molar-refractivity contribution in [3.8, 4) is 0 Å². The zero-order valence-electron chi connectivity index (χ0n) is 13.1. The van der Waals surface area contributed by atoms with Gasteiger partial charge >= 0.3 is 0 Å². The molecular weight excluding hydrogens is 330 g/mol. The van der Waals surface area contributed by atoms with Crippen molar-refractivity contribution >= 4 is 39.7 Å². The van der Waals surface area contributed by atoms with Gasteiger partial charge in [-0.2, -0.15) is 0 Å². The number of amides is 1. The number of hydrogen-bond donors (Lipinski definition) is 2. The van der Waals surface area contributed by atoms with E-state index in [0.29, 0.717) is 15.9 Å². The lowest BCUT2D eigenvalue weighted by Gasteiger charge is -2.22.